The highest BCUT2D eigenvalue weighted by molar-refractivity contribution is 7.94. The van der Waals surface area contributed by atoms with Crippen molar-refractivity contribution in [3.63, 3.8) is 0 Å². The molecule has 0 fully saturated rings. The second-order valence-corrected chi connectivity index (χ2v) is 10.8. The molecule has 0 spiro atoms. The zero-order valence-corrected chi connectivity index (χ0v) is 20.8. The number of halogens is 1. The number of sulfonamides is 1. The van der Waals surface area contributed by atoms with Crippen LogP contribution >= 0.6 is 22.9 Å². The molecule has 8 nitrogen and oxygen atoms in total. The van der Waals surface area contributed by atoms with Crippen LogP contribution in [0.25, 0.3) is 0 Å². The second kappa shape index (κ2) is 11.4. The van der Waals surface area contributed by atoms with Crippen molar-refractivity contribution >= 4 is 50.5 Å². The highest BCUT2D eigenvalue weighted by atomic mass is 35.5. The molecule has 2 aromatic carbocycles. The standard InChI is InChI=1S/C23H23ClN2O6S2/c1-16(17-5-3-6-18(24)13-17)25-21(27)14-32-22(28)15-31-20-10-8-19(9-11-20)26(2)34(29,30)23-7-4-12-33-23/h3-13,16H,14-15H2,1-2H3,(H,25,27). The number of hydrogen-bond donors (Lipinski definition) is 1. The maximum Gasteiger partial charge on any atom is 0.344 e. The summed E-state index contributed by atoms with van der Waals surface area (Å²) in [5.74, 6) is -0.825. The van der Waals surface area contributed by atoms with Crippen molar-refractivity contribution in [1.29, 1.82) is 0 Å². The van der Waals surface area contributed by atoms with E-state index >= 15 is 0 Å². The van der Waals surface area contributed by atoms with Crippen LogP contribution in [0.1, 0.15) is 18.5 Å². The summed E-state index contributed by atoms with van der Waals surface area (Å²) >= 11 is 7.09. The number of anilines is 1. The molecular weight excluding hydrogens is 500 g/mol. The van der Waals surface area contributed by atoms with Gasteiger partial charge in [-0.3, -0.25) is 9.10 Å². The highest BCUT2D eigenvalue weighted by Crippen LogP contribution is 2.26. The first-order chi connectivity index (χ1) is 16.2. The third kappa shape index (κ3) is 6.72. The lowest BCUT2D eigenvalue weighted by Crippen LogP contribution is -2.31. The van der Waals surface area contributed by atoms with E-state index in [4.69, 9.17) is 21.1 Å². The molecule has 0 saturated carbocycles. The van der Waals surface area contributed by atoms with Gasteiger partial charge in [-0.2, -0.15) is 0 Å². The van der Waals surface area contributed by atoms with Crippen LogP contribution in [-0.2, 0) is 24.3 Å². The lowest BCUT2D eigenvalue weighted by molar-refractivity contribution is -0.150. The lowest BCUT2D eigenvalue weighted by atomic mass is 10.1. The van der Waals surface area contributed by atoms with E-state index in [0.717, 1.165) is 16.9 Å². The number of amides is 1. The summed E-state index contributed by atoms with van der Waals surface area (Å²) in [4.78, 5) is 24.0. The van der Waals surface area contributed by atoms with E-state index in [1.165, 1.54) is 17.4 Å². The molecule has 11 heteroatoms. The molecule has 34 heavy (non-hydrogen) atoms. The smallest absolute Gasteiger partial charge is 0.344 e. The average molecular weight is 523 g/mol. The minimum Gasteiger partial charge on any atom is -0.482 e. The molecule has 1 amide bonds. The second-order valence-electron chi connectivity index (χ2n) is 7.19. The topological polar surface area (TPSA) is 102 Å². The van der Waals surface area contributed by atoms with Crippen LogP contribution < -0.4 is 14.4 Å². The summed E-state index contributed by atoms with van der Waals surface area (Å²) in [5.41, 5.74) is 1.27. The molecule has 0 aliphatic heterocycles. The minimum absolute atomic E-state index is 0.240. The first-order valence-electron chi connectivity index (χ1n) is 10.1. The molecule has 0 aliphatic carbocycles. The number of carbonyl (C=O) groups excluding carboxylic acids is 2. The van der Waals surface area contributed by atoms with Crippen molar-refractivity contribution < 1.29 is 27.5 Å². The van der Waals surface area contributed by atoms with E-state index < -0.39 is 35.1 Å². The maximum atomic E-state index is 12.6. The Balaban J connectivity index is 1.44. The largest absolute Gasteiger partial charge is 0.482 e. The van der Waals surface area contributed by atoms with E-state index in [9.17, 15) is 18.0 Å². The molecule has 1 atom stereocenters. The van der Waals surface area contributed by atoms with Gasteiger partial charge in [-0.05, 0) is 60.3 Å². The number of esters is 1. The predicted molar refractivity (Wildman–Crippen MR) is 131 cm³/mol. The Morgan fingerprint density at radius 2 is 1.82 bits per heavy atom. The Kier molecular flexibility index (Phi) is 8.54. The highest BCUT2D eigenvalue weighted by Gasteiger charge is 2.22. The van der Waals surface area contributed by atoms with Crippen molar-refractivity contribution in [3.8, 4) is 5.75 Å². The van der Waals surface area contributed by atoms with E-state index in [2.05, 4.69) is 5.32 Å². The number of thiophene rings is 1. The van der Waals surface area contributed by atoms with Gasteiger partial charge in [0.2, 0.25) is 0 Å². The number of rotatable bonds is 10. The molecule has 180 valence electrons. The molecule has 0 radical (unpaired) electrons. The van der Waals surface area contributed by atoms with Crippen molar-refractivity contribution in [2.24, 2.45) is 0 Å². The lowest BCUT2D eigenvalue weighted by Gasteiger charge is -2.18. The fraction of sp³-hybridized carbons (Fsp3) is 0.217. The van der Waals surface area contributed by atoms with Gasteiger partial charge in [0.25, 0.3) is 15.9 Å². The fourth-order valence-electron chi connectivity index (χ4n) is 2.91. The van der Waals surface area contributed by atoms with Crippen LogP contribution in [0.4, 0.5) is 5.69 Å². The summed E-state index contributed by atoms with van der Waals surface area (Å²) in [6.07, 6.45) is 0. The average Bonchev–Trinajstić information content (AvgIpc) is 3.37. The minimum atomic E-state index is -3.64. The third-order valence-corrected chi connectivity index (χ3v) is 8.15. The first-order valence-corrected chi connectivity index (χ1v) is 12.8. The molecular formula is C23H23ClN2O6S2. The van der Waals surface area contributed by atoms with Crippen LogP contribution in [0, 0.1) is 0 Å². The van der Waals surface area contributed by atoms with Gasteiger partial charge in [-0.1, -0.05) is 29.8 Å². The summed E-state index contributed by atoms with van der Waals surface area (Å²) < 4.78 is 36.9. The fourth-order valence-corrected chi connectivity index (χ4v) is 5.46. The summed E-state index contributed by atoms with van der Waals surface area (Å²) in [5, 5.41) is 4.98. The van der Waals surface area contributed by atoms with Gasteiger partial charge in [0.15, 0.2) is 13.2 Å². The van der Waals surface area contributed by atoms with E-state index in [1.54, 1.807) is 60.8 Å². The third-order valence-electron chi connectivity index (χ3n) is 4.76. The monoisotopic (exact) mass is 522 g/mol. The number of benzene rings is 2. The van der Waals surface area contributed by atoms with Crippen LogP contribution in [-0.4, -0.2) is 40.6 Å². The van der Waals surface area contributed by atoms with Gasteiger partial charge >= 0.3 is 5.97 Å². The van der Waals surface area contributed by atoms with Gasteiger partial charge in [0.05, 0.1) is 11.7 Å². The molecule has 0 bridgehead atoms. The Bertz CT molecular complexity index is 1230. The van der Waals surface area contributed by atoms with Crippen LogP contribution in [0.3, 0.4) is 0 Å². The Morgan fingerprint density at radius 3 is 2.47 bits per heavy atom. The van der Waals surface area contributed by atoms with Crippen molar-refractivity contribution in [1.82, 2.24) is 5.32 Å². The Morgan fingerprint density at radius 1 is 1.09 bits per heavy atom. The number of hydrogen-bond acceptors (Lipinski definition) is 7. The SMILES string of the molecule is CC(NC(=O)COC(=O)COc1ccc(N(C)S(=O)(=O)c2cccs2)cc1)c1cccc(Cl)c1. The number of nitrogens with one attached hydrogen (secondary N) is 1. The van der Waals surface area contributed by atoms with Gasteiger partial charge in [0.1, 0.15) is 9.96 Å². The summed E-state index contributed by atoms with van der Waals surface area (Å²) in [6.45, 7) is 0.943. The predicted octanol–water partition coefficient (Wildman–Crippen LogP) is 4.03. The van der Waals surface area contributed by atoms with Gasteiger partial charge in [-0.25, -0.2) is 13.2 Å². The molecule has 1 N–H and O–H groups in total. The maximum absolute atomic E-state index is 12.6. The first kappa shape index (κ1) is 25.5. The van der Waals surface area contributed by atoms with Crippen LogP contribution in [0.2, 0.25) is 5.02 Å². The molecule has 1 aromatic heterocycles. The van der Waals surface area contributed by atoms with Gasteiger partial charge in [-0.15, -0.1) is 11.3 Å². The molecule has 3 aromatic rings. The zero-order chi connectivity index (χ0) is 24.7. The van der Waals surface area contributed by atoms with E-state index in [-0.39, 0.29) is 10.3 Å². The number of ether oxygens (including phenoxy) is 2. The number of carbonyl (C=O) groups is 2. The summed E-state index contributed by atoms with van der Waals surface area (Å²) in [7, 11) is -2.18. The Hall–Kier alpha value is -3.08. The Labute approximate surface area is 207 Å². The molecule has 3 rings (SSSR count). The molecule has 1 heterocycles. The van der Waals surface area contributed by atoms with Crippen molar-refractivity contribution in [2.75, 3.05) is 24.6 Å². The summed E-state index contributed by atoms with van der Waals surface area (Å²) in [6, 6.07) is 16.2. The quantitative estimate of drug-likeness (QED) is 0.403. The van der Waals surface area contributed by atoms with Crippen molar-refractivity contribution in [2.45, 2.75) is 17.2 Å². The van der Waals surface area contributed by atoms with E-state index in [1.807, 2.05) is 6.07 Å². The van der Waals surface area contributed by atoms with Crippen molar-refractivity contribution in [3.05, 3.63) is 76.6 Å². The van der Waals surface area contributed by atoms with E-state index in [0.29, 0.717) is 16.5 Å². The number of nitrogens with zero attached hydrogens (tertiary/aromatic N) is 1. The zero-order valence-electron chi connectivity index (χ0n) is 18.4. The molecule has 0 saturated heterocycles. The normalized spacial score (nSPS) is 12.0. The van der Waals surface area contributed by atoms with Crippen LogP contribution in [0.15, 0.2) is 70.3 Å². The van der Waals surface area contributed by atoms with Gasteiger partial charge < -0.3 is 14.8 Å². The van der Waals surface area contributed by atoms with Crippen LogP contribution in [0.5, 0.6) is 5.75 Å². The molecule has 1 unspecified atom stereocenters. The van der Waals surface area contributed by atoms with Gasteiger partial charge in [0, 0.05) is 12.1 Å². The molecule has 0 aliphatic rings.